The van der Waals surface area contributed by atoms with Crippen LogP contribution in [0, 0.1) is 0 Å². The zero-order valence-electron chi connectivity index (χ0n) is 17.5. The van der Waals surface area contributed by atoms with Crippen molar-refractivity contribution in [3.05, 3.63) is 59.7 Å². The predicted molar refractivity (Wildman–Crippen MR) is 111 cm³/mol. The highest BCUT2D eigenvalue weighted by atomic mass is 19.4. The maximum absolute atomic E-state index is 12.6. The van der Waals surface area contributed by atoms with Gasteiger partial charge in [-0.05, 0) is 67.9 Å². The first-order valence-electron chi connectivity index (χ1n) is 10.3. The number of rotatable bonds is 8. The monoisotopic (exact) mass is 436 g/mol. The summed E-state index contributed by atoms with van der Waals surface area (Å²) in [6.07, 6.45) is -0.943. The van der Waals surface area contributed by atoms with Gasteiger partial charge in [-0.25, -0.2) is 0 Å². The number of hydrogen-bond acceptors (Lipinski definition) is 4. The number of hydrogen-bond donors (Lipinski definition) is 1. The smallest absolute Gasteiger partial charge is 0.422 e. The van der Waals surface area contributed by atoms with Gasteiger partial charge in [0.1, 0.15) is 11.5 Å². The third-order valence-corrected chi connectivity index (χ3v) is 5.31. The number of carbonyl (C=O) groups is 1. The summed E-state index contributed by atoms with van der Waals surface area (Å²) in [7, 11) is 1.62. The van der Waals surface area contributed by atoms with E-state index in [1.807, 2.05) is 24.3 Å². The van der Waals surface area contributed by atoms with Crippen LogP contribution in [0.3, 0.4) is 0 Å². The number of nitrogens with one attached hydrogen (secondary N) is 1. The molecule has 2 aromatic carbocycles. The second-order valence-corrected chi connectivity index (χ2v) is 7.52. The van der Waals surface area contributed by atoms with E-state index in [-0.39, 0.29) is 17.7 Å². The molecule has 0 saturated carbocycles. The van der Waals surface area contributed by atoms with Crippen molar-refractivity contribution in [1.82, 2.24) is 10.2 Å². The second kappa shape index (κ2) is 10.5. The van der Waals surface area contributed by atoms with E-state index in [1.54, 1.807) is 7.11 Å². The fourth-order valence-electron chi connectivity index (χ4n) is 3.67. The summed E-state index contributed by atoms with van der Waals surface area (Å²) >= 11 is 0. The molecule has 1 aliphatic heterocycles. The van der Waals surface area contributed by atoms with Gasteiger partial charge in [-0.1, -0.05) is 18.6 Å². The third kappa shape index (κ3) is 6.89. The van der Waals surface area contributed by atoms with Crippen LogP contribution in [0.2, 0.25) is 0 Å². The highest BCUT2D eigenvalue weighted by Crippen LogP contribution is 2.26. The number of halogens is 3. The summed E-state index contributed by atoms with van der Waals surface area (Å²) in [6.45, 7) is 1.00. The molecular formula is C23H27F3N2O3. The molecule has 1 atom stereocenters. The molecule has 5 nitrogen and oxygen atoms in total. The summed E-state index contributed by atoms with van der Waals surface area (Å²) in [5.41, 5.74) is 1.46. The Morgan fingerprint density at radius 1 is 1.00 bits per heavy atom. The van der Waals surface area contributed by atoms with Crippen LogP contribution in [-0.2, 0) is 0 Å². The van der Waals surface area contributed by atoms with Crippen molar-refractivity contribution >= 4 is 5.91 Å². The van der Waals surface area contributed by atoms with Gasteiger partial charge in [0.15, 0.2) is 6.61 Å². The number of amides is 1. The van der Waals surface area contributed by atoms with E-state index >= 15 is 0 Å². The van der Waals surface area contributed by atoms with Gasteiger partial charge in [0.2, 0.25) is 0 Å². The van der Waals surface area contributed by atoms with E-state index in [4.69, 9.17) is 4.74 Å². The number of nitrogens with zero attached hydrogens (tertiary/aromatic N) is 1. The average Bonchev–Trinajstić information content (AvgIpc) is 2.78. The molecule has 0 radical (unpaired) electrons. The number of carbonyl (C=O) groups excluding carboxylic acids is 1. The molecule has 1 fully saturated rings. The molecule has 2 aromatic rings. The van der Waals surface area contributed by atoms with E-state index in [0.29, 0.717) is 12.1 Å². The molecule has 1 aliphatic rings. The van der Waals surface area contributed by atoms with Crippen LogP contribution in [0.1, 0.15) is 41.2 Å². The SMILES string of the molecule is COc1ccc(C(CNC(=O)c2ccc(OCC(F)(F)F)cc2)N2CCCCC2)cc1. The normalized spacial score (nSPS) is 15.9. The lowest BCUT2D eigenvalue weighted by atomic mass is 10.0. The minimum absolute atomic E-state index is 0.0320. The number of methoxy groups -OCH3 is 1. The minimum atomic E-state index is -4.40. The molecule has 8 heteroatoms. The molecular weight excluding hydrogens is 409 g/mol. The first-order chi connectivity index (χ1) is 14.9. The quantitative estimate of drug-likeness (QED) is 0.658. The van der Waals surface area contributed by atoms with Crippen LogP contribution in [0.5, 0.6) is 11.5 Å². The molecule has 0 spiro atoms. The van der Waals surface area contributed by atoms with Crippen LogP contribution >= 0.6 is 0 Å². The summed E-state index contributed by atoms with van der Waals surface area (Å²) in [6, 6.07) is 13.5. The van der Waals surface area contributed by atoms with Gasteiger partial charge in [-0.15, -0.1) is 0 Å². The Labute approximate surface area is 180 Å². The molecule has 168 valence electrons. The van der Waals surface area contributed by atoms with Crippen molar-refractivity contribution in [1.29, 1.82) is 0 Å². The van der Waals surface area contributed by atoms with Crippen LogP contribution in [0.15, 0.2) is 48.5 Å². The standard InChI is InChI=1S/C23H27F3N2O3/c1-30-19-9-5-17(6-10-19)21(28-13-3-2-4-14-28)15-27-22(29)18-7-11-20(12-8-18)31-16-23(24,25)26/h5-12,21H,2-4,13-16H2,1H3,(H,27,29). The molecule has 0 aromatic heterocycles. The summed E-state index contributed by atoms with van der Waals surface area (Å²) in [5.74, 6) is 0.564. The Balaban J connectivity index is 1.63. The Morgan fingerprint density at radius 2 is 1.61 bits per heavy atom. The van der Waals surface area contributed by atoms with Crippen molar-refractivity contribution < 1.29 is 27.4 Å². The van der Waals surface area contributed by atoms with Gasteiger partial charge in [0.05, 0.1) is 13.2 Å². The van der Waals surface area contributed by atoms with Crippen LogP contribution in [0.25, 0.3) is 0 Å². The lowest BCUT2D eigenvalue weighted by molar-refractivity contribution is -0.153. The highest BCUT2D eigenvalue weighted by molar-refractivity contribution is 5.94. The van der Waals surface area contributed by atoms with E-state index in [0.717, 1.165) is 37.2 Å². The van der Waals surface area contributed by atoms with Gasteiger partial charge < -0.3 is 14.8 Å². The maximum Gasteiger partial charge on any atom is 0.422 e. The third-order valence-electron chi connectivity index (χ3n) is 5.31. The van der Waals surface area contributed by atoms with Crippen molar-refractivity contribution in [3.63, 3.8) is 0 Å². The number of ether oxygens (including phenoxy) is 2. The minimum Gasteiger partial charge on any atom is -0.497 e. The Bertz CT molecular complexity index is 833. The van der Waals surface area contributed by atoms with E-state index < -0.39 is 12.8 Å². The zero-order chi connectivity index (χ0) is 22.3. The number of benzene rings is 2. The first-order valence-corrected chi connectivity index (χ1v) is 10.3. The van der Waals surface area contributed by atoms with E-state index in [9.17, 15) is 18.0 Å². The van der Waals surface area contributed by atoms with Crippen molar-refractivity contribution in [2.75, 3.05) is 33.4 Å². The molecule has 1 heterocycles. The Kier molecular flexibility index (Phi) is 7.79. The molecule has 0 bridgehead atoms. The molecule has 3 rings (SSSR count). The number of alkyl halides is 3. The molecule has 1 amide bonds. The lowest BCUT2D eigenvalue weighted by Crippen LogP contribution is -2.40. The van der Waals surface area contributed by atoms with Gasteiger partial charge in [-0.2, -0.15) is 13.2 Å². The molecule has 1 saturated heterocycles. The Hall–Kier alpha value is -2.74. The van der Waals surface area contributed by atoms with E-state index in [2.05, 4.69) is 15.0 Å². The zero-order valence-corrected chi connectivity index (χ0v) is 17.5. The van der Waals surface area contributed by atoms with Crippen LogP contribution in [-0.4, -0.2) is 50.3 Å². The largest absolute Gasteiger partial charge is 0.497 e. The molecule has 31 heavy (non-hydrogen) atoms. The summed E-state index contributed by atoms with van der Waals surface area (Å²) in [5, 5.41) is 2.97. The lowest BCUT2D eigenvalue weighted by Gasteiger charge is -2.35. The fourth-order valence-corrected chi connectivity index (χ4v) is 3.67. The topological polar surface area (TPSA) is 50.8 Å². The highest BCUT2D eigenvalue weighted by Gasteiger charge is 2.28. The number of likely N-dealkylation sites (tertiary alicyclic amines) is 1. The second-order valence-electron chi connectivity index (χ2n) is 7.52. The van der Waals surface area contributed by atoms with Crippen molar-refractivity contribution in [2.45, 2.75) is 31.5 Å². The summed E-state index contributed by atoms with van der Waals surface area (Å²) < 4.78 is 46.7. The summed E-state index contributed by atoms with van der Waals surface area (Å²) in [4.78, 5) is 15.0. The van der Waals surface area contributed by atoms with Gasteiger partial charge in [-0.3, -0.25) is 9.69 Å². The maximum atomic E-state index is 12.6. The average molecular weight is 436 g/mol. The Morgan fingerprint density at radius 3 is 2.19 bits per heavy atom. The van der Waals surface area contributed by atoms with Crippen LogP contribution in [0.4, 0.5) is 13.2 Å². The van der Waals surface area contributed by atoms with Gasteiger partial charge >= 0.3 is 6.18 Å². The van der Waals surface area contributed by atoms with Gasteiger partial charge in [0, 0.05) is 12.1 Å². The predicted octanol–water partition coefficient (Wildman–Crippen LogP) is 4.59. The first kappa shape index (κ1) is 22.9. The number of piperidine rings is 1. The molecule has 1 N–H and O–H groups in total. The molecule has 0 aliphatic carbocycles. The molecule has 1 unspecified atom stereocenters. The van der Waals surface area contributed by atoms with Gasteiger partial charge in [0.25, 0.3) is 5.91 Å². The van der Waals surface area contributed by atoms with E-state index in [1.165, 1.54) is 30.7 Å². The fraction of sp³-hybridized carbons (Fsp3) is 0.435. The van der Waals surface area contributed by atoms with Crippen molar-refractivity contribution in [2.24, 2.45) is 0 Å². The van der Waals surface area contributed by atoms with Crippen LogP contribution < -0.4 is 14.8 Å². The van der Waals surface area contributed by atoms with Crippen molar-refractivity contribution in [3.8, 4) is 11.5 Å².